The topological polar surface area (TPSA) is 46.3 Å². The van der Waals surface area contributed by atoms with Gasteiger partial charge in [0.2, 0.25) is 0 Å². The van der Waals surface area contributed by atoms with E-state index in [-0.39, 0.29) is 24.0 Å². The third-order valence-corrected chi connectivity index (χ3v) is 3.03. The van der Waals surface area contributed by atoms with E-state index in [4.69, 9.17) is 5.73 Å². The molecule has 1 fully saturated rings. The van der Waals surface area contributed by atoms with Crippen LogP contribution in [0.25, 0.3) is 0 Å². The van der Waals surface area contributed by atoms with E-state index >= 15 is 0 Å². The summed E-state index contributed by atoms with van der Waals surface area (Å²) < 4.78 is 50.7. The second kappa shape index (κ2) is 5.97. The lowest BCUT2D eigenvalue weighted by molar-refractivity contribution is -0.140. The molecule has 0 aromatic heterocycles. The number of nitrogens with zero attached hydrogens (tertiary/aromatic N) is 1. The molecule has 20 heavy (non-hydrogen) atoms. The Morgan fingerprint density at radius 2 is 2.00 bits per heavy atom. The van der Waals surface area contributed by atoms with Gasteiger partial charge in [0.25, 0.3) is 5.91 Å². The van der Waals surface area contributed by atoms with Gasteiger partial charge in [-0.15, -0.1) is 12.4 Å². The van der Waals surface area contributed by atoms with E-state index in [9.17, 15) is 22.4 Å². The van der Waals surface area contributed by atoms with Crippen LogP contribution in [-0.2, 0) is 6.18 Å². The lowest BCUT2D eigenvalue weighted by Gasteiger charge is -2.17. The molecule has 0 spiro atoms. The predicted molar refractivity (Wildman–Crippen MR) is 67.1 cm³/mol. The summed E-state index contributed by atoms with van der Waals surface area (Å²) in [6.07, 6.45) is -4.21. The number of benzene rings is 1. The monoisotopic (exact) mass is 312 g/mol. The number of nitrogens with two attached hydrogens (primary N) is 1. The van der Waals surface area contributed by atoms with Crippen LogP contribution in [0.1, 0.15) is 22.3 Å². The molecular formula is C12H13ClF4N2O. The Bertz CT molecular complexity index is 507. The first kappa shape index (κ1) is 16.7. The number of amides is 1. The van der Waals surface area contributed by atoms with Crippen molar-refractivity contribution >= 4 is 18.3 Å². The molecule has 2 rings (SSSR count). The van der Waals surface area contributed by atoms with Gasteiger partial charge in [-0.05, 0) is 24.6 Å². The van der Waals surface area contributed by atoms with Crippen molar-refractivity contribution in [2.24, 2.45) is 5.73 Å². The van der Waals surface area contributed by atoms with Crippen molar-refractivity contribution in [1.29, 1.82) is 0 Å². The average molecular weight is 313 g/mol. The van der Waals surface area contributed by atoms with Crippen LogP contribution in [0.3, 0.4) is 0 Å². The quantitative estimate of drug-likeness (QED) is 0.810. The summed E-state index contributed by atoms with van der Waals surface area (Å²) in [5.74, 6) is -1.94. The second-order valence-corrected chi connectivity index (χ2v) is 4.49. The van der Waals surface area contributed by atoms with E-state index < -0.39 is 23.5 Å². The van der Waals surface area contributed by atoms with Gasteiger partial charge in [0, 0.05) is 24.7 Å². The summed E-state index contributed by atoms with van der Waals surface area (Å²) in [5, 5.41) is 0. The minimum atomic E-state index is -4.82. The summed E-state index contributed by atoms with van der Waals surface area (Å²) >= 11 is 0. The molecule has 1 atom stereocenters. The highest BCUT2D eigenvalue weighted by atomic mass is 35.5. The van der Waals surface area contributed by atoms with E-state index in [1.807, 2.05) is 0 Å². The van der Waals surface area contributed by atoms with Crippen molar-refractivity contribution in [3.63, 3.8) is 0 Å². The third-order valence-electron chi connectivity index (χ3n) is 3.03. The zero-order chi connectivity index (χ0) is 14.2. The van der Waals surface area contributed by atoms with E-state index in [2.05, 4.69) is 0 Å². The number of carbonyl (C=O) groups excluding carboxylic acids is 1. The zero-order valence-electron chi connectivity index (χ0n) is 10.3. The van der Waals surface area contributed by atoms with Crippen LogP contribution in [-0.4, -0.2) is 29.9 Å². The van der Waals surface area contributed by atoms with E-state index in [1.54, 1.807) is 0 Å². The van der Waals surface area contributed by atoms with Gasteiger partial charge in [0.05, 0.1) is 5.56 Å². The molecule has 0 radical (unpaired) electrons. The number of halogens is 5. The number of likely N-dealkylation sites (tertiary alicyclic amines) is 1. The highest BCUT2D eigenvalue weighted by Crippen LogP contribution is 2.32. The fraction of sp³-hybridized carbons (Fsp3) is 0.417. The molecular weight excluding hydrogens is 300 g/mol. The van der Waals surface area contributed by atoms with Crippen LogP contribution >= 0.6 is 12.4 Å². The molecule has 0 aliphatic carbocycles. The van der Waals surface area contributed by atoms with Gasteiger partial charge in [-0.2, -0.15) is 13.2 Å². The van der Waals surface area contributed by atoms with Gasteiger partial charge >= 0.3 is 6.18 Å². The smallest absolute Gasteiger partial charge is 0.337 e. The maximum atomic E-state index is 13.1. The lowest BCUT2D eigenvalue weighted by Crippen LogP contribution is -2.32. The Hall–Kier alpha value is -1.34. The molecule has 1 unspecified atom stereocenters. The number of alkyl halides is 3. The lowest BCUT2D eigenvalue weighted by atomic mass is 10.1. The second-order valence-electron chi connectivity index (χ2n) is 4.49. The molecule has 1 saturated heterocycles. The van der Waals surface area contributed by atoms with Gasteiger partial charge in [0.1, 0.15) is 5.82 Å². The number of carbonyl (C=O) groups is 1. The third kappa shape index (κ3) is 3.40. The van der Waals surface area contributed by atoms with Crippen LogP contribution in [0.5, 0.6) is 0 Å². The van der Waals surface area contributed by atoms with E-state index in [0.29, 0.717) is 31.6 Å². The molecule has 1 aromatic rings. The number of rotatable bonds is 1. The highest BCUT2D eigenvalue weighted by molar-refractivity contribution is 5.94. The molecule has 1 aromatic carbocycles. The van der Waals surface area contributed by atoms with Gasteiger partial charge < -0.3 is 10.6 Å². The molecule has 1 aliphatic heterocycles. The van der Waals surface area contributed by atoms with Crippen LogP contribution in [0.4, 0.5) is 17.6 Å². The van der Waals surface area contributed by atoms with E-state index in [0.717, 1.165) is 6.07 Å². The first-order valence-corrected chi connectivity index (χ1v) is 5.70. The fourth-order valence-electron chi connectivity index (χ4n) is 2.03. The number of hydrogen-bond donors (Lipinski definition) is 1. The van der Waals surface area contributed by atoms with Crippen molar-refractivity contribution in [1.82, 2.24) is 4.90 Å². The van der Waals surface area contributed by atoms with Crippen LogP contribution < -0.4 is 5.73 Å². The summed E-state index contributed by atoms with van der Waals surface area (Å²) in [5.41, 5.74) is 4.02. The Kier molecular flexibility index (Phi) is 4.99. The largest absolute Gasteiger partial charge is 0.419 e. The van der Waals surface area contributed by atoms with Crippen molar-refractivity contribution < 1.29 is 22.4 Å². The molecule has 112 valence electrons. The van der Waals surface area contributed by atoms with Gasteiger partial charge in [-0.3, -0.25) is 4.79 Å². The first-order chi connectivity index (χ1) is 8.79. The van der Waals surface area contributed by atoms with Gasteiger partial charge in [-0.25, -0.2) is 4.39 Å². The molecule has 1 heterocycles. The van der Waals surface area contributed by atoms with Crippen LogP contribution in [0.15, 0.2) is 18.2 Å². The summed E-state index contributed by atoms with van der Waals surface area (Å²) in [7, 11) is 0. The molecule has 0 bridgehead atoms. The first-order valence-electron chi connectivity index (χ1n) is 5.70. The van der Waals surface area contributed by atoms with Crippen molar-refractivity contribution in [3.05, 3.63) is 35.1 Å². The van der Waals surface area contributed by atoms with Crippen molar-refractivity contribution in [2.45, 2.75) is 18.6 Å². The zero-order valence-corrected chi connectivity index (χ0v) is 11.1. The summed E-state index contributed by atoms with van der Waals surface area (Å²) in [6.45, 7) is 0.705. The SMILES string of the molecule is Cl.NC1CCN(C(=O)c2ccc(F)c(C(F)(F)F)c2)C1. The molecule has 8 heteroatoms. The molecule has 2 N–H and O–H groups in total. The van der Waals surface area contributed by atoms with Gasteiger partial charge in [0.15, 0.2) is 0 Å². The highest BCUT2D eigenvalue weighted by Gasteiger charge is 2.35. The molecule has 3 nitrogen and oxygen atoms in total. The normalized spacial score (nSPS) is 18.9. The molecule has 0 saturated carbocycles. The van der Waals surface area contributed by atoms with Crippen LogP contribution in [0, 0.1) is 5.82 Å². The fourth-order valence-corrected chi connectivity index (χ4v) is 2.03. The predicted octanol–water partition coefficient (Wildman–Crippen LogP) is 2.44. The minimum absolute atomic E-state index is 0. The standard InChI is InChI=1S/C12H12F4N2O.ClH/c13-10-2-1-7(5-9(10)12(14,15)16)11(19)18-4-3-8(17)6-18;/h1-2,5,8H,3-4,6,17H2;1H. The Labute approximate surface area is 119 Å². The Morgan fingerprint density at radius 3 is 2.50 bits per heavy atom. The molecule has 1 aliphatic rings. The van der Waals surface area contributed by atoms with E-state index in [1.165, 1.54) is 4.90 Å². The molecule has 1 amide bonds. The van der Waals surface area contributed by atoms with Crippen molar-refractivity contribution in [3.8, 4) is 0 Å². The van der Waals surface area contributed by atoms with Crippen LogP contribution in [0.2, 0.25) is 0 Å². The average Bonchev–Trinajstić information content (AvgIpc) is 2.74. The number of hydrogen-bond acceptors (Lipinski definition) is 2. The Balaban J connectivity index is 0.00000200. The maximum absolute atomic E-state index is 13.1. The van der Waals surface area contributed by atoms with Gasteiger partial charge in [-0.1, -0.05) is 0 Å². The summed E-state index contributed by atoms with van der Waals surface area (Å²) in [4.78, 5) is 13.3. The Morgan fingerprint density at radius 1 is 1.35 bits per heavy atom. The maximum Gasteiger partial charge on any atom is 0.419 e. The van der Waals surface area contributed by atoms with Crippen molar-refractivity contribution in [2.75, 3.05) is 13.1 Å². The summed E-state index contributed by atoms with van der Waals surface area (Å²) in [6, 6.07) is 2.09. The minimum Gasteiger partial charge on any atom is -0.337 e.